The molecule has 1 N–H and O–H groups in total. The Morgan fingerprint density at radius 3 is 2.58 bits per heavy atom. The van der Waals surface area contributed by atoms with E-state index in [1.165, 1.54) is 18.2 Å². The first kappa shape index (κ1) is 16.6. The van der Waals surface area contributed by atoms with Crippen LogP contribution in [0.4, 0.5) is 18.9 Å². The molecule has 0 saturated carbocycles. The fourth-order valence-electron chi connectivity index (χ4n) is 2.43. The Bertz CT molecular complexity index is 931. The average molecular weight is 398 g/mol. The van der Waals surface area contributed by atoms with Gasteiger partial charge in [0.15, 0.2) is 5.76 Å². The maximum atomic E-state index is 13.0. The number of fused-ring (bicyclic) bond motifs is 1. The van der Waals surface area contributed by atoms with Crippen molar-refractivity contribution in [1.82, 2.24) is 0 Å². The number of aryl methyl sites for hydroxylation is 1. The molecule has 124 valence electrons. The lowest BCUT2D eigenvalue weighted by Gasteiger charge is -2.12. The van der Waals surface area contributed by atoms with E-state index in [-0.39, 0.29) is 11.4 Å². The van der Waals surface area contributed by atoms with E-state index in [0.717, 1.165) is 15.9 Å². The van der Waals surface area contributed by atoms with Gasteiger partial charge in [-0.05, 0) is 37.3 Å². The van der Waals surface area contributed by atoms with Crippen molar-refractivity contribution >= 4 is 38.5 Å². The van der Waals surface area contributed by atoms with Gasteiger partial charge in [0.25, 0.3) is 5.91 Å². The molecule has 0 atom stereocenters. The molecule has 1 aromatic heterocycles. The second-order valence-corrected chi connectivity index (χ2v) is 6.11. The van der Waals surface area contributed by atoms with Crippen molar-refractivity contribution in [3.63, 3.8) is 0 Å². The number of alkyl halides is 3. The third-order valence-corrected chi connectivity index (χ3v) is 4.08. The van der Waals surface area contributed by atoms with E-state index in [1.807, 2.05) is 0 Å². The van der Waals surface area contributed by atoms with E-state index in [2.05, 4.69) is 21.2 Å². The first-order chi connectivity index (χ1) is 11.3. The zero-order chi connectivity index (χ0) is 17.5. The molecule has 1 heterocycles. The topological polar surface area (TPSA) is 42.2 Å². The SMILES string of the molecule is Cc1c(C(=O)Nc2ccccc2C(F)(F)F)oc2ccc(Br)cc12. The summed E-state index contributed by atoms with van der Waals surface area (Å²) >= 11 is 3.33. The van der Waals surface area contributed by atoms with Gasteiger partial charge in [-0.25, -0.2) is 0 Å². The van der Waals surface area contributed by atoms with Crippen molar-refractivity contribution in [2.24, 2.45) is 0 Å². The van der Waals surface area contributed by atoms with Crippen LogP contribution in [-0.4, -0.2) is 5.91 Å². The van der Waals surface area contributed by atoms with Crippen molar-refractivity contribution in [3.8, 4) is 0 Å². The lowest BCUT2D eigenvalue weighted by Crippen LogP contribution is -2.16. The third kappa shape index (κ3) is 3.03. The van der Waals surface area contributed by atoms with E-state index in [9.17, 15) is 18.0 Å². The molecule has 0 fully saturated rings. The van der Waals surface area contributed by atoms with Crippen LogP contribution in [0.1, 0.15) is 21.7 Å². The number of furan rings is 1. The molecule has 2 aromatic carbocycles. The van der Waals surface area contributed by atoms with Crippen LogP contribution in [0.3, 0.4) is 0 Å². The van der Waals surface area contributed by atoms with Gasteiger partial charge in [-0.2, -0.15) is 13.2 Å². The second-order valence-electron chi connectivity index (χ2n) is 5.19. The zero-order valence-electron chi connectivity index (χ0n) is 12.4. The molecule has 3 nitrogen and oxygen atoms in total. The van der Waals surface area contributed by atoms with Crippen LogP contribution in [0.15, 0.2) is 51.4 Å². The predicted octanol–water partition coefficient (Wildman–Crippen LogP) is 5.77. The third-order valence-electron chi connectivity index (χ3n) is 3.59. The summed E-state index contributed by atoms with van der Waals surface area (Å²) in [5.41, 5.74) is -0.163. The molecule has 0 aliphatic heterocycles. The zero-order valence-corrected chi connectivity index (χ0v) is 14.0. The summed E-state index contributed by atoms with van der Waals surface area (Å²) in [4.78, 5) is 12.4. The molecule has 0 saturated heterocycles. The predicted molar refractivity (Wildman–Crippen MR) is 88.0 cm³/mol. The summed E-state index contributed by atoms with van der Waals surface area (Å²) in [6.45, 7) is 1.68. The number of carbonyl (C=O) groups excluding carboxylic acids is 1. The highest BCUT2D eigenvalue weighted by Gasteiger charge is 2.34. The number of hydrogen-bond donors (Lipinski definition) is 1. The lowest BCUT2D eigenvalue weighted by atomic mass is 10.1. The number of anilines is 1. The van der Waals surface area contributed by atoms with Crippen LogP contribution >= 0.6 is 15.9 Å². The van der Waals surface area contributed by atoms with Crippen molar-refractivity contribution < 1.29 is 22.4 Å². The van der Waals surface area contributed by atoms with Gasteiger partial charge in [-0.15, -0.1) is 0 Å². The van der Waals surface area contributed by atoms with Gasteiger partial charge >= 0.3 is 6.18 Å². The molecule has 3 rings (SSSR count). The van der Waals surface area contributed by atoms with E-state index in [0.29, 0.717) is 11.1 Å². The number of carbonyl (C=O) groups is 1. The smallest absolute Gasteiger partial charge is 0.418 e. The molecule has 1 amide bonds. The molecular weight excluding hydrogens is 387 g/mol. The van der Waals surface area contributed by atoms with Gasteiger partial charge in [0, 0.05) is 15.4 Å². The fourth-order valence-corrected chi connectivity index (χ4v) is 2.79. The van der Waals surface area contributed by atoms with Crippen LogP contribution in [0.25, 0.3) is 11.0 Å². The summed E-state index contributed by atoms with van der Waals surface area (Å²) in [5.74, 6) is -0.739. The molecule has 3 aromatic rings. The van der Waals surface area contributed by atoms with E-state index in [1.54, 1.807) is 25.1 Å². The number of amides is 1. The van der Waals surface area contributed by atoms with E-state index >= 15 is 0 Å². The Labute approximate surface area is 143 Å². The minimum absolute atomic E-state index is 0.0138. The highest BCUT2D eigenvalue weighted by molar-refractivity contribution is 9.10. The van der Waals surface area contributed by atoms with Crippen LogP contribution in [0.5, 0.6) is 0 Å². The molecule has 7 heteroatoms. The number of rotatable bonds is 2. The Balaban J connectivity index is 1.99. The Morgan fingerprint density at radius 1 is 1.17 bits per heavy atom. The molecule has 0 aliphatic carbocycles. The Morgan fingerprint density at radius 2 is 1.88 bits per heavy atom. The molecular formula is C17H11BrF3NO2. The molecule has 0 bridgehead atoms. The van der Waals surface area contributed by atoms with Crippen LogP contribution in [0.2, 0.25) is 0 Å². The van der Waals surface area contributed by atoms with Gasteiger partial charge < -0.3 is 9.73 Å². The van der Waals surface area contributed by atoms with Gasteiger partial charge in [0.1, 0.15) is 5.58 Å². The molecule has 0 radical (unpaired) electrons. The van der Waals surface area contributed by atoms with Gasteiger partial charge in [-0.3, -0.25) is 4.79 Å². The van der Waals surface area contributed by atoms with Crippen molar-refractivity contribution in [2.45, 2.75) is 13.1 Å². The van der Waals surface area contributed by atoms with E-state index in [4.69, 9.17) is 4.42 Å². The van der Waals surface area contributed by atoms with Gasteiger partial charge in [0.2, 0.25) is 0 Å². The molecule has 0 unspecified atom stereocenters. The Kier molecular flexibility index (Phi) is 4.13. The molecule has 24 heavy (non-hydrogen) atoms. The maximum absolute atomic E-state index is 13.0. The number of hydrogen-bond acceptors (Lipinski definition) is 2. The quantitative estimate of drug-likeness (QED) is 0.595. The van der Waals surface area contributed by atoms with Crippen LogP contribution in [0, 0.1) is 6.92 Å². The number of nitrogens with one attached hydrogen (secondary N) is 1. The fraction of sp³-hybridized carbons (Fsp3) is 0.118. The minimum atomic E-state index is -4.56. The largest absolute Gasteiger partial charge is 0.451 e. The summed E-state index contributed by atoms with van der Waals surface area (Å²) in [6, 6.07) is 10.0. The highest BCUT2D eigenvalue weighted by atomic mass is 79.9. The summed E-state index contributed by atoms with van der Waals surface area (Å²) < 4.78 is 45.3. The molecule has 0 spiro atoms. The maximum Gasteiger partial charge on any atom is 0.418 e. The summed E-state index contributed by atoms with van der Waals surface area (Å²) in [7, 11) is 0. The first-order valence-electron chi connectivity index (χ1n) is 6.93. The number of benzene rings is 2. The van der Waals surface area contributed by atoms with Gasteiger partial charge in [-0.1, -0.05) is 28.1 Å². The minimum Gasteiger partial charge on any atom is -0.451 e. The standard InChI is InChI=1S/C17H11BrF3NO2/c1-9-11-8-10(18)6-7-14(11)24-15(9)16(23)22-13-5-3-2-4-12(13)17(19,20)21/h2-8H,1H3,(H,22,23). The normalized spacial score (nSPS) is 11.7. The van der Waals surface area contributed by atoms with Crippen molar-refractivity contribution in [1.29, 1.82) is 0 Å². The number of para-hydroxylation sites is 1. The van der Waals surface area contributed by atoms with Crippen molar-refractivity contribution in [2.75, 3.05) is 5.32 Å². The van der Waals surface area contributed by atoms with Crippen LogP contribution in [-0.2, 0) is 6.18 Å². The Hall–Kier alpha value is -2.28. The van der Waals surface area contributed by atoms with Gasteiger partial charge in [0.05, 0.1) is 11.3 Å². The molecule has 0 aliphatic rings. The lowest BCUT2D eigenvalue weighted by molar-refractivity contribution is -0.136. The monoisotopic (exact) mass is 397 g/mol. The summed E-state index contributed by atoms with van der Waals surface area (Å²) in [5, 5.41) is 3.01. The average Bonchev–Trinajstić information content (AvgIpc) is 2.84. The van der Waals surface area contributed by atoms with E-state index < -0.39 is 17.6 Å². The second kappa shape index (κ2) is 5.98. The van der Waals surface area contributed by atoms with Crippen LogP contribution < -0.4 is 5.32 Å². The highest BCUT2D eigenvalue weighted by Crippen LogP contribution is 2.35. The van der Waals surface area contributed by atoms with Crippen molar-refractivity contribution in [3.05, 3.63) is 63.8 Å². The first-order valence-corrected chi connectivity index (χ1v) is 7.73. The summed E-state index contributed by atoms with van der Waals surface area (Å²) in [6.07, 6.45) is -4.56. The number of halogens is 4.